The zero-order valence-electron chi connectivity index (χ0n) is 19.9. The molecule has 0 bridgehead atoms. The monoisotopic (exact) mass is 474 g/mol. The van der Waals surface area contributed by atoms with E-state index in [1.807, 2.05) is 25.3 Å². The van der Waals surface area contributed by atoms with Crippen LogP contribution < -0.4 is 20.7 Å². The Morgan fingerprint density at radius 2 is 1.94 bits per heavy atom. The molecular weight excluding hydrogens is 443 g/mol. The van der Waals surface area contributed by atoms with Crippen LogP contribution in [0, 0.1) is 24.1 Å². The molecule has 0 aliphatic heterocycles. The molecule has 0 spiro atoms. The molecule has 0 aliphatic rings. The molecule has 0 aliphatic carbocycles. The number of nitrogens with two attached hydrogens (primary N) is 1. The van der Waals surface area contributed by atoms with E-state index in [9.17, 15) is 19.2 Å². The van der Waals surface area contributed by atoms with Gasteiger partial charge in [-0.2, -0.15) is 5.26 Å². The summed E-state index contributed by atoms with van der Waals surface area (Å²) in [7, 11) is 1.56. The smallest absolute Gasteiger partial charge is 0.265 e. The molecule has 9 nitrogen and oxygen atoms in total. The minimum absolute atomic E-state index is 0.0225. The van der Waals surface area contributed by atoms with Crippen LogP contribution in [-0.4, -0.2) is 50.6 Å². The van der Waals surface area contributed by atoms with Gasteiger partial charge in [0.25, 0.3) is 5.91 Å². The van der Waals surface area contributed by atoms with E-state index in [0.717, 1.165) is 12.5 Å². The van der Waals surface area contributed by atoms with E-state index in [1.54, 1.807) is 18.9 Å². The fraction of sp³-hybridized carbons (Fsp3) is 0.375. The number of hydrazine groups is 1. The number of hydrogen-bond donors (Lipinski definition) is 2. The van der Waals surface area contributed by atoms with Crippen LogP contribution >= 0.6 is 0 Å². The van der Waals surface area contributed by atoms with Gasteiger partial charge in [-0.1, -0.05) is 13.8 Å². The predicted octanol–water partition coefficient (Wildman–Crippen LogP) is 3.30. The average Bonchev–Trinajstić information content (AvgIpc) is 2.86. The normalized spacial score (nSPS) is 9.79. The van der Waals surface area contributed by atoms with Gasteiger partial charge >= 0.3 is 0 Å². The van der Waals surface area contributed by atoms with E-state index in [4.69, 9.17) is 20.1 Å². The maximum atomic E-state index is 14.6. The number of benzene rings is 2. The molecule has 0 heterocycles. The van der Waals surface area contributed by atoms with Crippen molar-refractivity contribution in [2.24, 2.45) is 5.84 Å². The van der Waals surface area contributed by atoms with Crippen molar-refractivity contribution < 1.29 is 28.2 Å². The Bertz CT molecular complexity index is 994. The molecule has 0 saturated carbocycles. The summed E-state index contributed by atoms with van der Waals surface area (Å²) < 4.78 is 30.6. The van der Waals surface area contributed by atoms with E-state index in [-0.39, 0.29) is 35.0 Å². The SMILES string of the molecule is CC.COCCN(C=O)CCCOc1ccc(Oc2cc(C(=O)NN)c(C)cc2C#N)c(F)c1. The third kappa shape index (κ3) is 8.35. The van der Waals surface area contributed by atoms with Gasteiger partial charge in [-0.05, 0) is 43.2 Å². The van der Waals surface area contributed by atoms with Gasteiger partial charge in [-0.3, -0.25) is 15.0 Å². The van der Waals surface area contributed by atoms with Gasteiger partial charge in [0.1, 0.15) is 17.6 Å². The Hall–Kier alpha value is -3.68. The number of nitriles is 1. The van der Waals surface area contributed by atoms with Gasteiger partial charge in [-0.25, -0.2) is 10.2 Å². The van der Waals surface area contributed by atoms with E-state index < -0.39 is 11.7 Å². The topological polar surface area (TPSA) is 127 Å². The van der Waals surface area contributed by atoms with Crippen molar-refractivity contribution in [1.29, 1.82) is 5.26 Å². The molecule has 0 atom stereocenters. The first-order valence-corrected chi connectivity index (χ1v) is 10.8. The Balaban J connectivity index is 0.00000281. The molecule has 184 valence electrons. The Morgan fingerprint density at radius 1 is 1.21 bits per heavy atom. The van der Waals surface area contributed by atoms with E-state index in [2.05, 4.69) is 0 Å². The molecule has 34 heavy (non-hydrogen) atoms. The highest BCUT2D eigenvalue weighted by Crippen LogP contribution is 2.31. The Kier molecular flexibility index (Phi) is 12.7. The minimum atomic E-state index is -0.702. The molecule has 2 aromatic rings. The number of nitrogens with zero attached hydrogens (tertiary/aromatic N) is 2. The summed E-state index contributed by atoms with van der Waals surface area (Å²) in [6, 6.07) is 8.81. The minimum Gasteiger partial charge on any atom is -0.493 e. The molecule has 0 radical (unpaired) electrons. The van der Waals surface area contributed by atoms with Gasteiger partial charge in [0.05, 0.1) is 18.8 Å². The summed E-state index contributed by atoms with van der Waals surface area (Å²) in [5.41, 5.74) is 2.89. The number of rotatable bonds is 12. The fourth-order valence-electron chi connectivity index (χ4n) is 2.84. The molecule has 3 N–H and O–H groups in total. The Labute approximate surface area is 199 Å². The lowest BCUT2D eigenvalue weighted by molar-refractivity contribution is -0.118. The van der Waals surface area contributed by atoms with Crippen LogP contribution in [0.3, 0.4) is 0 Å². The van der Waals surface area contributed by atoms with Gasteiger partial charge in [0, 0.05) is 31.8 Å². The molecule has 2 amide bonds. The molecule has 10 heteroatoms. The summed E-state index contributed by atoms with van der Waals surface area (Å²) in [5, 5.41) is 9.34. The van der Waals surface area contributed by atoms with Crippen LogP contribution in [0.25, 0.3) is 0 Å². The van der Waals surface area contributed by atoms with Crippen molar-refractivity contribution in [3.8, 4) is 23.3 Å². The Morgan fingerprint density at radius 3 is 2.53 bits per heavy atom. The summed E-state index contributed by atoms with van der Waals surface area (Å²) >= 11 is 0. The van der Waals surface area contributed by atoms with Crippen molar-refractivity contribution in [3.05, 3.63) is 52.8 Å². The van der Waals surface area contributed by atoms with Crippen molar-refractivity contribution in [1.82, 2.24) is 10.3 Å². The number of methoxy groups -OCH3 is 1. The van der Waals surface area contributed by atoms with Crippen LogP contribution in [0.5, 0.6) is 17.2 Å². The van der Waals surface area contributed by atoms with Crippen molar-refractivity contribution in [3.63, 3.8) is 0 Å². The van der Waals surface area contributed by atoms with Gasteiger partial charge < -0.3 is 19.1 Å². The molecule has 0 aromatic heterocycles. The second-order valence-electron chi connectivity index (χ2n) is 6.78. The third-order valence-corrected chi connectivity index (χ3v) is 4.54. The number of carbonyl (C=O) groups excluding carboxylic acids is 2. The summed E-state index contributed by atoms with van der Waals surface area (Å²) in [6.07, 6.45) is 1.30. The number of hydrogen-bond acceptors (Lipinski definition) is 7. The maximum Gasteiger partial charge on any atom is 0.265 e. The highest BCUT2D eigenvalue weighted by atomic mass is 19.1. The van der Waals surface area contributed by atoms with Crippen molar-refractivity contribution in [2.45, 2.75) is 27.2 Å². The van der Waals surface area contributed by atoms with Crippen molar-refractivity contribution in [2.75, 3.05) is 33.4 Å². The van der Waals surface area contributed by atoms with Crippen LogP contribution in [0.1, 0.15) is 41.8 Å². The largest absolute Gasteiger partial charge is 0.493 e. The number of amides is 2. The summed E-state index contributed by atoms with van der Waals surface area (Å²) in [5.74, 6) is 4.09. The van der Waals surface area contributed by atoms with Crippen molar-refractivity contribution >= 4 is 12.3 Å². The maximum absolute atomic E-state index is 14.6. The first kappa shape index (κ1) is 28.4. The lowest BCUT2D eigenvalue weighted by Gasteiger charge is -2.17. The molecule has 2 aromatic carbocycles. The summed E-state index contributed by atoms with van der Waals surface area (Å²) in [4.78, 5) is 24.4. The van der Waals surface area contributed by atoms with E-state index in [0.29, 0.717) is 31.7 Å². The van der Waals surface area contributed by atoms with Crippen LogP contribution in [0.4, 0.5) is 4.39 Å². The number of nitrogen functional groups attached to an aromatic ring is 1. The summed E-state index contributed by atoms with van der Waals surface area (Å²) in [6.45, 7) is 7.34. The highest BCUT2D eigenvalue weighted by molar-refractivity contribution is 5.96. The van der Waals surface area contributed by atoms with E-state index in [1.165, 1.54) is 24.3 Å². The average molecular weight is 475 g/mol. The standard InChI is InChI=1S/C22H25FN4O5.C2H6/c1-15-10-16(13-24)21(12-18(15)22(29)26-25)32-20-5-4-17(11-19(20)23)31-8-3-6-27(14-28)7-9-30-2;1-2/h4-5,10-12,14H,3,6-9,25H2,1-2H3,(H,26,29);1-2H3. The highest BCUT2D eigenvalue weighted by Gasteiger charge is 2.16. The van der Waals surface area contributed by atoms with Crippen LogP contribution in [-0.2, 0) is 9.53 Å². The van der Waals surface area contributed by atoms with Gasteiger partial charge in [0.2, 0.25) is 6.41 Å². The quantitative estimate of drug-likeness (QED) is 0.159. The molecule has 0 unspecified atom stereocenters. The predicted molar refractivity (Wildman–Crippen MR) is 125 cm³/mol. The van der Waals surface area contributed by atoms with E-state index >= 15 is 0 Å². The van der Waals surface area contributed by atoms with Gasteiger partial charge in [0.15, 0.2) is 11.6 Å². The molecule has 0 saturated heterocycles. The second kappa shape index (κ2) is 15.2. The lowest BCUT2D eigenvalue weighted by atomic mass is 10.0. The number of halogens is 1. The first-order valence-electron chi connectivity index (χ1n) is 10.8. The van der Waals surface area contributed by atoms with Crippen LogP contribution in [0.15, 0.2) is 30.3 Å². The molecular formula is C24H31FN4O5. The second-order valence-corrected chi connectivity index (χ2v) is 6.78. The first-order chi connectivity index (χ1) is 16.4. The zero-order chi connectivity index (χ0) is 25.5. The van der Waals surface area contributed by atoms with Gasteiger partial charge in [-0.15, -0.1) is 0 Å². The lowest BCUT2D eigenvalue weighted by Crippen LogP contribution is -2.30. The molecule has 2 rings (SSSR count). The molecule has 0 fully saturated rings. The number of carbonyl (C=O) groups is 2. The number of aryl methyl sites for hydroxylation is 1. The van der Waals surface area contributed by atoms with Crippen LogP contribution in [0.2, 0.25) is 0 Å². The third-order valence-electron chi connectivity index (χ3n) is 4.54. The zero-order valence-corrected chi connectivity index (χ0v) is 19.9. The number of nitrogens with one attached hydrogen (secondary N) is 1. The fourth-order valence-corrected chi connectivity index (χ4v) is 2.84. The number of ether oxygens (including phenoxy) is 3.